The quantitative estimate of drug-likeness (QED) is 0.299. The SMILES string of the molecule is C=[C]([Na])C(=O)NC(C(=C)C(N)=O)S(=O)(=O)O. The summed E-state index contributed by atoms with van der Waals surface area (Å²) in [6.07, 6.45) is 0. The van der Waals surface area contributed by atoms with Crippen LogP contribution in [0.5, 0.6) is 0 Å². The summed E-state index contributed by atoms with van der Waals surface area (Å²) in [6, 6.07) is 0. The third-order valence-corrected chi connectivity index (χ3v) is 3.03. The molecule has 0 bridgehead atoms. The number of primary amides is 1. The Morgan fingerprint density at radius 1 is 1.38 bits per heavy atom. The Hall–Kier alpha value is -0.670. The minimum absolute atomic E-state index is 0.144. The Morgan fingerprint density at radius 3 is 2.06 bits per heavy atom. The first-order valence-corrected chi connectivity index (χ1v) is 6.49. The average Bonchev–Trinajstić information content (AvgIpc) is 2.10. The molecular formula is C7H9N2NaO5S. The van der Waals surface area contributed by atoms with Gasteiger partial charge in [0.05, 0.1) is 0 Å². The summed E-state index contributed by atoms with van der Waals surface area (Å²) in [6.45, 7) is 6.41. The third kappa shape index (κ3) is 4.45. The van der Waals surface area contributed by atoms with E-state index in [9.17, 15) is 18.0 Å². The van der Waals surface area contributed by atoms with Crippen LogP contribution in [0.2, 0.25) is 0 Å². The van der Waals surface area contributed by atoms with Gasteiger partial charge in [-0.3, -0.25) is 0 Å². The maximum atomic E-state index is 11.2. The molecular weight excluding hydrogens is 247 g/mol. The molecule has 0 aromatic heterocycles. The third-order valence-electron chi connectivity index (χ3n) is 1.58. The number of rotatable bonds is 5. The van der Waals surface area contributed by atoms with E-state index in [-0.39, 0.29) is 2.82 Å². The summed E-state index contributed by atoms with van der Waals surface area (Å²) >= 11 is 0.308. The molecule has 0 aliphatic heterocycles. The van der Waals surface area contributed by atoms with Crippen molar-refractivity contribution >= 4 is 49.9 Å². The molecule has 0 saturated heterocycles. The molecule has 7 nitrogen and oxygen atoms in total. The Labute approximate surface area is 110 Å². The fourth-order valence-corrected chi connectivity index (χ4v) is 1.59. The maximum absolute atomic E-state index is 11.2. The van der Waals surface area contributed by atoms with E-state index in [2.05, 4.69) is 13.2 Å². The summed E-state index contributed by atoms with van der Waals surface area (Å²) in [5.41, 5.74) is 4.18. The molecule has 16 heavy (non-hydrogen) atoms. The van der Waals surface area contributed by atoms with E-state index in [4.69, 9.17) is 10.3 Å². The van der Waals surface area contributed by atoms with Crippen LogP contribution >= 0.6 is 0 Å². The van der Waals surface area contributed by atoms with E-state index < -0.39 is 32.9 Å². The first kappa shape index (κ1) is 15.3. The van der Waals surface area contributed by atoms with E-state index >= 15 is 0 Å². The number of nitrogens with two attached hydrogens (primary N) is 1. The average molecular weight is 256 g/mol. The van der Waals surface area contributed by atoms with Gasteiger partial charge < -0.3 is 0 Å². The number of hydrogen-bond acceptors (Lipinski definition) is 4. The van der Waals surface area contributed by atoms with Crippen LogP contribution in [0.4, 0.5) is 0 Å². The number of amides is 2. The number of carbonyl (C=O) groups is 2. The van der Waals surface area contributed by atoms with Gasteiger partial charge in [0.1, 0.15) is 0 Å². The molecule has 9 heteroatoms. The van der Waals surface area contributed by atoms with Crippen LogP contribution in [-0.4, -0.2) is 58.1 Å². The zero-order chi connectivity index (χ0) is 13.1. The fraction of sp³-hybridized carbons (Fsp3) is 0.143. The van der Waals surface area contributed by atoms with Crippen LogP contribution in [-0.2, 0) is 19.7 Å². The Morgan fingerprint density at radius 2 is 1.81 bits per heavy atom. The second kappa shape index (κ2) is 5.60. The van der Waals surface area contributed by atoms with Gasteiger partial charge in [-0.25, -0.2) is 0 Å². The van der Waals surface area contributed by atoms with Crippen molar-refractivity contribution in [2.75, 3.05) is 0 Å². The summed E-state index contributed by atoms with van der Waals surface area (Å²) < 4.78 is 30.7. The second-order valence-corrected chi connectivity index (χ2v) is 5.75. The van der Waals surface area contributed by atoms with Crippen molar-refractivity contribution in [3.8, 4) is 0 Å². The van der Waals surface area contributed by atoms with Crippen molar-refractivity contribution in [3.63, 3.8) is 0 Å². The number of nitrogens with one attached hydrogen (secondary N) is 1. The van der Waals surface area contributed by atoms with Crippen LogP contribution in [0.1, 0.15) is 0 Å². The molecule has 84 valence electrons. The molecule has 0 saturated carbocycles. The van der Waals surface area contributed by atoms with E-state index in [0.717, 1.165) is 0 Å². The molecule has 1 unspecified atom stereocenters. The first-order chi connectivity index (χ1) is 7.07. The van der Waals surface area contributed by atoms with Gasteiger partial charge in [-0.2, -0.15) is 0 Å². The molecule has 0 radical (unpaired) electrons. The van der Waals surface area contributed by atoms with Gasteiger partial charge in [0.15, 0.2) is 0 Å². The van der Waals surface area contributed by atoms with Crippen LogP contribution in [0, 0.1) is 0 Å². The van der Waals surface area contributed by atoms with Gasteiger partial charge in [0, 0.05) is 0 Å². The van der Waals surface area contributed by atoms with Crippen LogP contribution in [0.25, 0.3) is 0 Å². The number of carbonyl (C=O) groups excluding carboxylic acids is 2. The second-order valence-electron chi connectivity index (χ2n) is 3.04. The molecule has 0 heterocycles. The Bertz CT molecular complexity index is 455. The van der Waals surface area contributed by atoms with Gasteiger partial charge in [-0.05, 0) is 0 Å². The van der Waals surface area contributed by atoms with Crippen molar-refractivity contribution in [1.82, 2.24) is 5.32 Å². The van der Waals surface area contributed by atoms with Crippen molar-refractivity contribution in [1.29, 1.82) is 0 Å². The van der Waals surface area contributed by atoms with Gasteiger partial charge in [0.2, 0.25) is 0 Å². The fourth-order valence-electron chi connectivity index (χ4n) is 0.713. The van der Waals surface area contributed by atoms with Crippen LogP contribution < -0.4 is 11.1 Å². The van der Waals surface area contributed by atoms with Gasteiger partial charge >= 0.3 is 110 Å². The van der Waals surface area contributed by atoms with E-state index in [1.165, 1.54) is 0 Å². The molecule has 0 spiro atoms. The monoisotopic (exact) mass is 256 g/mol. The predicted octanol–water partition coefficient (Wildman–Crippen LogP) is -1.96. The summed E-state index contributed by atoms with van der Waals surface area (Å²) in [5.74, 6) is -1.92. The van der Waals surface area contributed by atoms with Crippen LogP contribution in [0.3, 0.4) is 0 Å². The van der Waals surface area contributed by atoms with E-state index in [1.807, 2.05) is 5.32 Å². The van der Waals surface area contributed by atoms with Crippen LogP contribution in [0.15, 0.2) is 21.6 Å². The predicted molar refractivity (Wildman–Crippen MR) is 56.7 cm³/mol. The Kier molecular flexibility index (Phi) is 5.36. The molecule has 4 N–H and O–H groups in total. The first-order valence-electron chi connectivity index (χ1n) is 3.98. The molecule has 0 aromatic carbocycles. The van der Waals surface area contributed by atoms with Crippen molar-refractivity contribution in [2.24, 2.45) is 5.73 Å². The Balaban J connectivity index is 5.15. The molecule has 0 fully saturated rings. The normalized spacial score (nSPS) is 12.7. The van der Waals surface area contributed by atoms with Gasteiger partial charge in [-0.1, -0.05) is 0 Å². The summed E-state index contributed by atoms with van der Waals surface area (Å²) in [5, 5.41) is -0.0461. The molecule has 0 aromatic rings. The van der Waals surface area contributed by atoms with Crippen molar-refractivity contribution in [2.45, 2.75) is 5.37 Å². The summed E-state index contributed by atoms with van der Waals surface area (Å²) in [4.78, 5) is 21.9. The zero-order valence-electron chi connectivity index (χ0n) is 8.56. The molecule has 0 aliphatic carbocycles. The number of hydrogen-bond donors (Lipinski definition) is 3. The molecule has 0 aliphatic rings. The molecule has 2 amide bonds. The van der Waals surface area contributed by atoms with Gasteiger partial charge in [0.25, 0.3) is 0 Å². The molecule has 1 atom stereocenters. The van der Waals surface area contributed by atoms with Crippen molar-refractivity contribution < 1.29 is 22.6 Å². The van der Waals surface area contributed by atoms with Gasteiger partial charge in [-0.15, -0.1) is 0 Å². The van der Waals surface area contributed by atoms with E-state index in [1.54, 1.807) is 0 Å². The topological polar surface area (TPSA) is 127 Å². The minimum atomic E-state index is -4.70. The molecule has 0 rings (SSSR count). The zero-order valence-corrected chi connectivity index (χ0v) is 11.4. The summed E-state index contributed by atoms with van der Waals surface area (Å²) in [7, 11) is -4.70. The standard InChI is InChI=1S/C7H9N2O5S.Na/c1-3-5(10)9-7(15(12,13)14)4(2)6(8)11;/h7H,1-2H2,(H2,8,11)(H,9,10)(H,12,13,14);. The van der Waals surface area contributed by atoms with Crippen molar-refractivity contribution in [3.05, 3.63) is 21.6 Å². The van der Waals surface area contributed by atoms with E-state index in [0.29, 0.717) is 27.9 Å².